The van der Waals surface area contributed by atoms with E-state index in [2.05, 4.69) is 10.6 Å². The summed E-state index contributed by atoms with van der Waals surface area (Å²) in [6.45, 7) is 1.19. The number of benzene rings is 1. The molecule has 6 heteroatoms. The Balaban J connectivity index is 1.41. The van der Waals surface area contributed by atoms with Crippen LogP contribution in [0.25, 0.3) is 0 Å². The van der Waals surface area contributed by atoms with Crippen molar-refractivity contribution in [1.29, 1.82) is 0 Å². The topological polar surface area (TPSA) is 50.4 Å². The minimum absolute atomic E-state index is 0.197. The maximum atomic E-state index is 13.6. The van der Waals surface area contributed by atoms with Crippen LogP contribution < -0.4 is 10.6 Å². The van der Waals surface area contributed by atoms with Crippen LogP contribution >= 0.6 is 11.6 Å². The molecule has 3 rings (SSSR count). The van der Waals surface area contributed by atoms with Crippen molar-refractivity contribution in [2.75, 3.05) is 13.2 Å². The molecule has 1 saturated carbocycles. The van der Waals surface area contributed by atoms with Gasteiger partial charge in [0.15, 0.2) is 0 Å². The van der Waals surface area contributed by atoms with E-state index in [1.807, 2.05) is 0 Å². The van der Waals surface area contributed by atoms with Crippen molar-refractivity contribution in [2.24, 2.45) is 5.92 Å². The smallest absolute Gasteiger partial charge is 0.315 e. The van der Waals surface area contributed by atoms with Gasteiger partial charge in [-0.05, 0) is 37.8 Å². The Kier molecular flexibility index (Phi) is 4.84. The molecule has 1 saturated heterocycles. The number of hydrogen-bond acceptors (Lipinski definition) is 2. The normalized spacial score (nSPS) is 26.7. The second kappa shape index (κ2) is 6.84. The van der Waals surface area contributed by atoms with Crippen LogP contribution in [0.5, 0.6) is 0 Å². The summed E-state index contributed by atoms with van der Waals surface area (Å²) in [6, 6.07) is 4.58. The van der Waals surface area contributed by atoms with Crippen LogP contribution in [0.2, 0.25) is 5.02 Å². The maximum Gasteiger partial charge on any atom is 0.315 e. The molecule has 2 fully saturated rings. The van der Waals surface area contributed by atoms with Gasteiger partial charge in [-0.3, -0.25) is 0 Å². The molecule has 1 aromatic rings. The van der Waals surface area contributed by atoms with Gasteiger partial charge < -0.3 is 15.4 Å². The first-order valence-electron chi connectivity index (χ1n) is 7.74. The van der Waals surface area contributed by atoms with Crippen molar-refractivity contribution < 1.29 is 13.9 Å². The van der Waals surface area contributed by atoms with Gasteiger partial charge in [-0.1, -0.05) is 17.7 Å². The summed E-state index contributed by atoms with van der Waals surface area (Å²) in [5, 5.41) is 6.13. The van der Waals surface area contributed by atoms with E-state index in [0.717, 1.165) is 25.9 Å². The fourth-order valence-electron chi connectivity index (χ4n) is 3.25. The van der Waals surface area contributed by atoms with Crippen LogP contribution in [0.1, 0.15) is 24.8 Å². The monoisotopic (exact) mass is 326 g/mol. The molecule has 0 unspecified atom stereocenters. The summed E-state index contributed by atoms with van der Waals surface area (Å²) in [6.07, 6.45) is 3.75. The zero-order valence-corrected chi connectivity index (χ0v) is 13.0. The number of hydrogen-bond donors (Lipinski definition) is 2. The van der Waals surface area contributed by atoms with Gasteiger partial charge in [0.1, 0.15) is 5.82 Å². The molecule has 1 heterocycles. The van der Waals surface area contributed by atoms with E-state index in [-0.39, 0.29) is 17.9 Å². The Hall–Kier alpha value is -1.33. The third-order valence-electron chi connectivity index (χ3n) is 4.53. The van der Waals surface area contributed by atoms with Gasteiger partial charge >= 0.3 is 6.03 Å². The van der Waals surface area contributed by atoms with E-state index in [4.69, 9.17) is 16.3 Å². The Morgan fingerprint density at radius 2 is 2.32 bits per heavy atom. The second-order valence-electron chi connectivity index (χ2n) is 5.91. The Bertz CT molecular complexity index is 535. The lowest BCUT2D eigenvalue weighted by Gasteiger charge is -2.47. The third-order valence-corrected chi connectivity index (χ3v) is 4.89. The highest BCUT2D eigenvalue weighted by atomic mass is 35.5. The zero-order valence-electron chi connectivity index (χ0n) is 12.3. The molecule has 2 N–H and O–H groups in total. The van der Waals surface area contributed by atoms with Gasteiger partial charge in [0.25, 0.3) is 0 Å². The van der Waals surface area contributed by atoms with Gasteiger partial charge in [-0.25, -0.2) is 9.18 Å². The van der Waals surface area contributed by atoms with Gasteiger partial charge in [0.2, 0.25) is 0 Å². The first kappa shape index (κ1) is 15.6. The molecule has 2 amide bonds. The third kappa shape index (κ3) is 3.36. The zero-order chi connectivity index (χ0) is 15.5. The fourth-order valence-corrected chi connectivity index (χ4v) is 3.51. The van der Waals surface area contributed by atoms with Gasteiger partial charge in [-0.15, -0.1) is 0 Å². The number of amides is 2. The number of halogens is 2. The lowest BCUT2D eigenvalue weighted by atomic mass is 9.72. The molecular weight excluding hydrogens is 307 g/mol. The average Bonchev–Trinajstić information content (AvgIpc) is 2.48. The van der Waals surface area contributed by atoms with Crippen molar-refractivity contribution in [3.63, 3.8) is 0 Å². The highest BCUT2D eigenvalue weighted by Gasteiger charge is 2.43. The van der Waals surface area contributed by atoms with E-state index in [0.29, 0.717) is 35.6 Å². The predicted octanol–water partition coefficient (Wildman–Crippen LogP) is 2.89. The van der Waals surface area contributed by atoms with Crippen molar-refractivity contribution in [3.8, 4) is 0 Å². The molecule has 0 aromatic heterocycles. The Morgan fingerprint density at radius 3 is 3.09 bits per heavy atom. The first-order valence-corrected chi connectivity index (χ1v) is 8.12. The van der Waals surface area contributed by atoms with E-state index in [1.54, 1.807) is 12.1 Å². The van der Waals surface area contributed by atoms with Gasteiger partial charge in [0.05, 0.1) is 6.10 Å². The minimum atomic E-state index is -0.337. The van der Waals surface area contributed by atoms with E-state index >= 15 is 0 Å². The molecule has 120 valence electrons. The van der Waals surface area contributed by atoms with Crippen LogP contribution in [0.3, 0.4) is 0 Å². The molecule has 0 spiro atoms. The fraction of sp³-hybridized carbons (Fsp3) is 0.562. The summed E-state index contributed by atoms with van der Waals surface area (Å²) in [5.74, 6) is 0.108. The summed E-state index contributed by atoms with van der Waals surface area (Å²) >= 11 is 5.95. The molecule has 4 nitrogen and oxygen atoms in total. The van der Waals surface area contributed by atoms with Gasteiger partial charge in [0, 0.05) is 35.7 Å². The highest BCUT2D eigenvalue weighted by Crippen LogP contribution is 2.37. The number of fused-ring (bicyclic) bond motifs is 1. The molecule has 22 heavy (non-hydrogen) atoms. The van der Waals surface area contributed by atoms with Crippen LogP contribution in [0.15, 0.2) is 18.2 Å². The number of nitrogens with one attached hydrogen (secondary N) is 2. The lowest BCUT2D eigenvalue weighted by Crippen LogP contribution is -2.59. The summed E-state index contributed by atoms with van der Waals surface area (Å²) in [5.41, 5.74) is 0.439. The summed E-state index contributed by atoms with van der Waals surface area (Å²) in [4.78, 5) is 11.9. The molecule has 1 aliphatic heterocycles. The quantitative estimate of drug-likeness (QED) is 0.894. The average molecular weight is 327 g/mol. The number of urea groups is 1. The number of ether oxygens (including phenoxy) is 1. The standard InChI is InChI=1S/C16H20ClFN2O2/c17-12-4-1-5-13(18)10(12)6-7-19-16(21)20-14-9-15-11(14)3-2-8-22-15/h1,4-5,11,14-15H,2-3,6-9H2,(H2,19,20,21)/t11-,14-,15-/m1/s1. The summed E-state index contributed by atoms with van der Waals surface area (Å²) in [7, 11) is 0. The SMILES string of the molecule is O=C(NCCc1c(F)cccc1Cl)N[C@@H]1C[C@H]2OCCC[C@H]12. The van der Waals surface area contributed by atoms with Crippen molar-refractivity contribution >= 4 is 17.6 Å². The van der Waals surface area contributed by atoms with Crippen LogP contribution in [-0.4, -0.2) is 31.3 Å². The van der Waals surface area contributed by atoms with Crippen LogP contribution in [0, 0.1) is 11.7 Å². The molecule has 3 atom stereocenters. The molecule has 2 aliphatic rings. The van der Waals surface area contributed by atoms with E-state index in [1.165, 1.54) is 6.07 Å². The van der Waals surface area contributed by atoms with E-state index in [9.17, 15) is 9.18 Å². The maximum absolute atomic E-state index is 13.6. The van der Waals surface area contributed by atoms with Crippen molar-refractivity contribution in [2.45, 2.75) is 37.8 Å². The number of carbonyl (C=O) groups is 1. The van der Waals surface area contributed by atoms with Crippen LogP contribution in [-0.2, 0) is 11.2 Å². The lowest BCUT2D eigenvalue weighted by molar-refractivity contribution is -0.0999. The molecule has 0 radical (unpaired) electrons. The summed E-state index contributed by atoms with van der Waals surface area (Å²) < 4.78 is 19.2. The number of rotatable bonds is 4. The highest BCUT2D eigenvalue weighted by molar-refractivity contribution is 6.31. The Morgan fingerprint density at radius 1 is 1.45 bits per heavy atom. The van der Waals surface area contributed by atoms with Crippen molar-refractivity contribution in [3.05, 3.63) is 34.6 Å². The van der Waals surface area contributed by atoms with E-state index < -0.39 is 0 Å². The second-order valence-corrected chi connectivity index (χ2v) is 6.32. The van der Waals surface area contributed by atoms with Crippen molar-refractivity contribution in [1.82, 2.24) is 10.6 Å². The largest absolute Gasteiger partial charge is 0.378 e. The molecule has 1 aromatic carbocycles. The van der Waals surface area contributed by atoms with Gasteiger partial charge in [-0.2, -0.15) is 0 Å². The first-order chi connectivity index (χ1) is 10.6. The molecule has 1 aliphatic carbocycles. The number of carbonyl (C=O) groups excluding carboxylic acids is 1. The predicted molar refractivity (Wildman–Crippen MR) is 82.5 cm³/mol. The Labute approximate surface area is 134 Å². The van der Waals surface area contributed by atoms with Crippen LogP contribution in [0.4, 0.5) is 9.18 Å². The minimum Gasteiger partial charge on any atom is -0.378 e. The molecule has 0 bridgehead atoms. The molecular formula is C16H20ClFN2O2.